The highest BCUT2D eigenvalue weighted by molar-refractivity contribution is 8.00. The molecule has 4 nitrogen and oxygen atoms in total. The van der Waals surface area contributed by atoms with Gasteiger partial charge in [-0.25, -0.2) is 0 Å². The maximum atomic E-state index is 12.3. The van der Waals surface area contributed by atoms with E-state index in [0.717, 1.165) is 36.7 Å². The van der Waals surface area contributed by atoms with Crippen molar-refractivity contribution >= 4 is 17.7 Å². The van der Waals surface area contributed by atoms with Gasteiger partial charge in [0.25, 0.3) is 0 Å². The lowest BCUT2D eigenvalue weighted by Gasteiger charge is -2.38. The second-order valence-corrected chi connectivity index (χ2v) is 7.18. The third-order valence-electron chi connectivity index (χ3n) is 4.63. The van der Waals surface area contributed by atoms with E-state index in [2.05, 4.69) is 29.6 Å². The summed E-state index contributed by atoms with van der Waals surface area (Å²) in [7, 11) is 0. The number of amides is 1. The summed E-state index contributed by atoms with van der Waals surface area (Å²) in [5.74, 6) is 1.32. The standard InChI is InChI=1S/C19H23NO3S/c1-15-17(7-10-23-15)24-13-18(21)20-14-19(8-11-22-12-9-19)16-5-3-2-4-6-16/h2-7,10H,8-9,11-14H2,1H3,(H,20,21). The number of aryl methyl sites for hydroxylation is 1. The van der Waals surface area contributed by atoms with E-state index in [0.29, 0.717) is 12.3 Å². The molecule has 0 bridgehead atoms. The van der Waals surface area contributed by atoms with Gasteiger partial charge in [-0.15, -0.1) is 11.8 Å². The summed E-state index contributed by atoms with van der Waals surface area (Å²) in [5, 5.41) is 3.13. The van der Waals surface area contributed by atoms with Gasteiger partial charge in [0, 0.05) is 30.1 Å². The molecule has 1 N–H and O–H groups in total. The van der Waals surface area contributed by atoms with Crippen LogP contribution in [0.2, 0.25) is 0 Å². The molecule has 0 saturated carbocycles. The zero-order chi connectivity index (χ0) is 16.8. The van der Waals surface area contributed by atoms with Crippen LogP contribution >= 0.6 is 11.8 Å². The van der Waals surface area contributed by atoms with Crippen molar-refractivity contribution in [1.29, 1.82) is 0 Å². The molecule has 1 fully saturated rings. The molecule has 1 aromatic carbocycles. The van der Waals surface area contributed by atoms with Crippen molar-refractivity contribution in [3.05, 3.63) is 54.0 Å². The number of rotatable bonds is 6. The average Bonchev–Trinajstić information content (AvgIpc) is 3.05. The molecule has 3 rings (SSSR count). The van der Waals surface area contributed by atoms with E-state index in [1.54, 1.807) is 6.26 Å². The van der Waals surface area contributed by atoms with Crippen LogP contribution in [0, 0.1) is 6.92 Å². The maximum absolute atomic E-state index is 12.3. The summed E-state index contributed by atoms with van der Waals surface area (Å²) in [6.07, 6.45) is 3.53. The van der Waals surface area contributed by atoms with Crippen LogP contribution in [-0.2, 0) is 14.9 Å². The lowest BCUT2D eigenvalue weighted by Crippen LogP contribution is -2.45. The molecule has 0 aliphatic carbocycles. The van der Waals surface area contributed by atoms with Crippen LogP contribution in [0.4, 0.5) is 0 Å². The molecule has 1 aliphatic heterocycles. The Kier molecular flexibility index (Phi) is 5.63. The number of carbonyl (C=O) groups excluding carboxylic acids is 1. The van der Waals surface area contributed by atoms with Gasteiger partial charge < -0.3 is 14.5 Å². The van der Waals surface area contributed by atoms with Crippen LogP contribution < -0.4 is 5.32 Å². The predicted molar refractivity (Wildman–Crippen MR) is 95.4 cm³/mol. The fraction of sp³-hybridized carbons (Fsp3) is 0.421. The Morgan fingerprint density at radius 3 is 2.62 bits per heavy atom. The zero-order valence-corrected chi connectivity index (χ0v) is 14.7. The minimum Gasteiger partial charge on any atom is -0.468 e. The van der Waals surface area contributed by atoms with Gasteiger partial charge in [0.05, 0.1) is 12.0 Å². The third kappa shape index (κ3) is 4.02. The van der Waals surface area contributed by atoms with Gasteiger partial charge in [0.1, 0.15) is 5.76 Å². The largest absolute Gasteiger partial charge is 0.468 e. The smallest absolute Gasteiger partial charge is 0.230 e. The second kappa shape index (κ2) is 7.90. The molecule has 2 aromatic rings. The molecule has 0 atom stereocenters. The van der Waals surface area contributed by atoms with Crippen molar-refractivity contribution in [2.45, 2.75) is 30.1 Å². The SMILES string of the molecule is Cc1occc1SCC(=O)NCC1(c2ccccc2)CCOCC1. The Balaban J connectivity index is 1.59. The van der Waals surface area contributed by atoms with Crippen molar-refractivity contribution in [2.75, 3.05) is 25.5 Å². The molecule has 2 heterocycles. The number of benzene rings is 1. The monoisotopic (exact) mass is 345 g/mol. The maximum Gasteiger partial charge on any atom is 0.230 e. The van der Waals surface area contributed by atoms with Gasteiger partial charge in [-0.05, 0) is 31.4 Å². The Labute approximate surface area is 147 Å². The number of furan rings is 1. The van der Waals surface area contributed by atoms with Crippen molar-refractivity contribution in [1.82, 2.24) is 5.32 Å². The second-order valence-electron chi connectivity index (χ2n) is 6.17. The molecule has 1 aromatic heterocycles. The Bertz CT molecular complexity index is 662. The van der Waals surface area contributed by atoms with Crippen LogP contribution in [-0.4, -0.2) is 31.4 Å². The lowest BCUT2D eigenvalue weighted by atomic mass is 9.74. The van der Waals surface area contributed by atoms with Gasteiger partial charge in [-0.2, -0.15) is 0 Å². The van der Waals surface area contributed by atoms with E-state index in [-0.39, 0.29) is 11.3 Å². The van der Waals surface area contributed by atoms with Gasteiger partial charge in [-0.1, -0.05) is 30.3 Å². The third-order valence-corrected chi connectivity index (χ3v) is 5.77. The number of hydrogen-bond donors (Lipinski definition) is 1. The minimum atomic E-state index is -0.0224. The number of hydrogen-bond acceptors (Lipinski definition) is 4. The molecular weight excluding hydrogens is 322 g/mol. The summed E-state index contributed by atoms with van der Waals surface area (Å²) in [6, 6.07) is 12.4. The van der Waals surface area contributed by atoms with E-state index in [9.17, 15) is 4.79 Å². The fourth-order valence-electron chi connectivity index (χ4n) is 3.11. The molecule has 1 amide bonds. The summed E-state index contributed by atoms with van der Waals surface area (Å²) >= 11 is 1.51. The summed E-state index contributed by atoms with van der Waals surface area (Å²) in [4.78, 5) is 13.3. The Morgan fingerprint density at radius 1 is 1.21 bits per heavy atom. The van der Waals surface area contributed by atoms with Gasteiger partial charge in [-0.3, -0.25) is 4.79 Å². The first-order valence-electron chi connectivity index (χ1n) is 8.26. The van der Waals surface area contributed by atoms with E-state index in [4.69, 9.17) is 9.15 Å². The highest BCUT2D eigenvalue weighted by Crippen LogP contribution is 2.34. The predicted octanol–water partition coefficient (Wildman–Crippen LogP) is 3.54. The van der Waals surface area contributed by atoms with E-state index in [1.165, 1.54) is 17.3 Å². The zero-order valence-electron chi connectivity index (χ0n) is 13.9. The highest BCUT2D eigenvalue weighted by Gasteiger charge is 2.34. The van der Waals surface area contributed by atoms with Crippen LogP contribution in [0.15, 0.2) is 52.0 Å². The molecule has 24 heavy (non-hydrogen) atoms. The quantitative estimate of drug-likeness (QED) is 0.814. The Morgan fingerprint density at radius 2 is 1.96 bits per heavy atom. The topological polar surface area (TPSA) is 51.5 Å². The molecule has 1 saturated heterocycles. The van der Waals surface area contributed by atoms with Crippen molar-refractivity contribution in [3.8, 4) is 0 Å². The van der Waals surface area contributed by atoms with E-state index >= 15 is 0 Å². The van der Waals surface area contributed by atoms with Crippen LogP contribution in [0.25, 0.3) is 0 Å². The average molecular weight is 345 g/mol. The molecule has 5 heteroatoms. The molecule has 0 radical (unpaired) electrons. The normalized spacial score (nSPS) is 16.7. The van der Waals surface area contributed by atoms with Crippen LogP contribution in [0.5, 0.6) is 0 Å². The molecule has 0 spiro atoms. The lowest BCUT2D eigenvalue weighted by molar-refractivity contribution is -0.119. The summed E-state index contributed by atoms with van der Waals surface area (Å²) in [5.41, 5.74) is 1.26. The first-order chi connectivity index (χ1) is 11.7. The summed E-state index contributed by atoms with van der Waals surface area (Å²) in [6.45, 7) is 4.05. The number of ether oxygens (including phenoxy) is 1. The molecule has 128 valence electrons. The van der Waals surface area contributed by atoms with E-state index < -0.39 is 0 Å². The van der Waals surface area contributed by atoms with Crippen LogP contribution in [0.3, 0.4) is 0 Å². The molecule has 0 unspecified atom stereocenters. The fourth-order valence-corrected chi connectivity index (χ4v) is 3.90. The van der Waals surface area contributed by atoms with Crippen LogP contribution in [0.1, 0.15) is 24.2 Å². The first-order valence-corrected chi connectivity index (χ1v) is 9.25. The summed E-state index contributed by atoms with van der Waals surface area (Å²) < 4.78 is 10.8. The highest BCUT2D eigenvalue weighted by atomic mass is 32.2. The molecule has 1 aliphatic rings. The van der Waals surface area contributed by atoms with Crippen molar-refractivity contribution in [2.24, 2.45) is 0 Å². The molecular formula is C19H23NO3S. The minimum absolute atomic E-state index is 0.0224. The van der Waals surface area contributed by atoms with Crippen molar-refractivity contribution in [3.63, 3.8) is 0 Å². The first kappa shape index (κ1) is 17.1. The Hall–Kier alpha value is -1.72. The van der Waals surface area contributed by atoms with Gasteiger partial charge in [0.15, 0.2) is 0 Å². The number of nitrogens with one attached hydrogen (secondary N) is 1. The number of carbonyl (C=O) groups is 1. The number of thioether (sulfide) groups is 1. The van der Waals surface area contributed by atoms with Gasteiger partial charge >= 0.3 is 0 Å². The van der Waals surface area contributed by atoms with Crippen molar-refractivity contribution < 1.29 is 13.9 Å². The van der Waals surface area contributed by atoms with E-state index in [1.807, 2.05) is 19.1 Å². The van der Waals surface area contributed by atoms with Gasteiger partial charge in [0.2, 0.25) is 5.91 Å².